The van der Waals surface area contributed by atoms with Crippen LogP contribution in [0.4, 0.5) is 5.69 Å². The molecule has 0 saturated carbocycles. The quantitative estimate of drug-likeness (QED) is 0.207. The van der Waals surface area contributed by atoms with Gasteiger partial charge in [0.25, 0.3) is 11.5 Å². The Kier molecular flexibility index (Phi) is 9.03. The van der Waals surface area contributed by atoms with Crippen LogP contribution in [-0.2, 0) is 16.1 Å². The fraction of sp³-hybridized carbons (Fsp3) is 0.371. The van der Waals surface area contributed by atoms with E-state index in [0.29, 0.717) is 78.9 Å². The first-order valence-electron chi connectivity index (χ1n) is 16.0. The van der Waals surface area contributed by atoms with Gasteiger partial charge in [-0.3, -0.25) is 19.0 Å². The fourth-order valence-electron chi connectivity index (χ4n) is 6.17. The van der Waals surface area contributed by atoms with E-state index in [4.69, 9.17) is 19.2 Å². The number of benzene rings is 3. The summed E-state index contributed by atoms with van der Waals surface area (Å²) in [6, 6.07) is 21.1. The highest BCUT2D eigenvalue weighted by atomic mass is 32.2. The van der Waals surface area contributed by atoms with E-state index in [0.717, 1.165) is 18.7 Å². The molecular weight excluding hydrogens is 618 g/mol. The molecule has 1 atom stereocenters. The summed E-state index contributed by atoms with van der Waals surface area (Å²) in [6.07, 6.45) is 0.576. The molecule has 4 heterocycles. The summed E-state index contributed by atoms with van der Waals surface area (Å²) in [4.78, 5) is 51.8. The summed E-state index contributed by atoms with van der Waals surface area (Å²) in [7, 11) is 0. The van der Waals surface area contributed by atoms with Gasteiger partial charge in [-0.15, -0.1) is 0 Å². The SMILES string of the molecule is CCC(Sc1nc2cc3c(cc2c(=O)n1Cc1ccc(C(=O)N2CCN(c4ccccc4)CC2)cc1)OCO3)C(=O)N1CCOCC1. The molecule has 1 aromatic heterocycles. The molecule has 3 aromatic carbocycles. The maximum Gasteiger partial charge on any atom is 0.262 e. The van der Waals surface area contributed by atoms with E-state index in [-0.39, 0.29) is 30.7 Å². The number of fused-ring (bicyclic) bond motifs is 2. The molecule has 2 saturated heterocycles. The third-order valence-electron chi connectivity index (χ3n) is 8.86. The third-order valence-corrected chi connectivity index (χ3v) is 10.2. The Morgan fingerprint density at radius 3 is 2.28 bits per heavy atom. The lowest BCUT2D eigenvalue weighted by atomic mass is 10.1. The Bertz CT molecular complexity index is 1820. The van der Waals surface area contributed by atoms with Gasteiger partial charge in [0.2, 0.25) is 12.7 Å². The average molecular weight is 656 g/mol. The van der Waals surface area contributed by atoms with Crippen LogP contribution >= 0.6 is 11.8 Å². The number of piperazine rings is 1. The van der Waals surface area contributed by atoms with Gasteiger partial charge in [-0.25, -0.2) is 4.98 Å². The summed E-state index contributed by atoms with van der Waals surface area (Å²) in [5.74, 6) is 1.05. The molecular formula is C35H37N5O6S. The van der Waals surface area contributed by atoms with Crippen LogP contribution in [0, 0.1) is 0 Å². The molecule has 0 radical (unpaired) electrons. The summed E-state index contributed by atoms with van der Waals surface area (Å²) in [5.41, 5.74) is 2.87. The van der Waals surface area contributed by atoms with E-state index in [1.165, 1.54) is 17.4 Å². The van der Waals surface area contributed by atoms with E-state index >= 15 is 0 Å². The van der Waals surface area contributed by atoms with Crippen LogP contribution < -0.4 is 19.9 Å². The van der Waals surface area contributed by atoms with Gasteiger partial charge in [-0.05, 0) is 42.3 Å². The van der Waals surface area contributed by atoms with Crippen molar-refractivity contribution in [3.05, 3.63) is 88.2 Å². The summed E-state index contributed by atoms with van der Waals surface area (Å²) >= 11 is 1.31. The maximum atomic E-state index is 14.0. The van der Waals surface area contributed by atoms with E-state index in [9.17, 15) is 14.4 Å². The molecule has 0 bridgehead atoms. The van der Waals surface area contributed by atoms with Crippen LogP contribution in [0.2, 0.25) is 0 Å². The number of para-hydroxylation sites is 1. The average Bonchev–Trinajstić information content (AvgIpc) is 3.59. The molecule has 11 nitrogen and oxygen atoms in total. The van der Waals surface area contributed by atoms with Gasteiger partial charge in [0, 0.05) is 56.6 Å². The van der Waals surface area contributed by atoms with Crippen molar-refractivity contribution in [2.45, 2.75) is 30.3 Å². The molecule has 3 aliphatic heterocycles. The molecule has 0 spiro atoms. The first kappa shape index (κ1) is 31.1. The number of rotatable bonds is 8. The van der Waals surface area contributed by atoms with Gasteiger partial charge in [-0.1, -0.05) is 49.0 Å². The van der Waals surface area contributed by atoms with Gasteiger partial charge < -0.3 is 28.9 Å². The second kappa shape index (κ2) is 13.7. The van der Waals surface area contributed by atoms with Gasteiger partial charge in [0.05, 0.1) is 35.9 Å². The number of aromatic nitrogens is 2. The third kappa shape index (κ3) is 6.52. The van der Waals surface area contributed by atoms with E-state index < -0.39 is 5.25 Å². The number of carbonyl (C=O) groups is 2. The van der Waals surface area contributed by atoms with Crippen LogP contribution in [0.25, 0.3) is 10.9 Å². The molecule has 4 aromatic rings. The molecule has 0 aliphatic carbocycles. The highest BCUT2D eigenvalue weighted by Gasteiger charge is 2.28. The molecule has 7 rings (SSSR count). The molecule has 3 aliphatic rings. The highest BCUT2D eigenvalue weighted by Crippen LogP contribution is 2.36. The Morgan fingerprint density at radius 1 is 0.872 bits per heavy atom. The minimum atomic E-state index is -0.417. The lowest BCUT2D eigenvalue weighted by Gasteiger charge is -2.36. The zero-order chi connectivity index (χ0) is 32.3. The lowest BCUT2D eigenvalue weighted by molar-refractivity contribution is -0.134. The van der Waals surface area contributed by atoms with Crippen LogP contribution in [0.3, 0.4) is 0 Å². The Balaban J connectivity index is 1.12. The van der Waals surface area contributed by atoms with Crippen molar-refractivity contribution in [3.8, 4) is 11.5 Å². The highest BCUT2D eigenvalue weighted by molar-refractivity contribution is 8.00. The number of nitrogens with zero attached hydrogens (tertiary/aromatic N) is 5. The Morgan fingerprint density at radius 2 is 1.57 bits per heavy atom. The number of morpholine rings is 1. The van der Waals surface area contributed by atoms with Crippen LogP contribution in [-0.4, -0.2) is 95.7 Å². The molecule has 0 N–H and O–H groups in total. The minimum absolute atomic E-state index is 0.00599. The monoisotopic (exact) mass is 655 g/mol. The normalized spacial score (nSPS) is 16.8. The Labute approximate surface area is 277 Å². The number of hydrogen-bond acceptors (Lipinski definition) is 9. The Hall–Kier alpha value is -4.55. The van der Waals surface area contributed by atoms with Gasteiger partial charge >= 0.3 is 0 Å². The molecule has 12 heteroatoms. The van der Waals surface area contributed by atoms with Crippen LogP contribution in [0.1, 0.15) is 29.3 Å². The molecule has 2 amide bonds. The number of thioether (sulfide) groups is 1. The molecule has 244 valence electrons. The van der Waals surface area contributed by atoms with Crippen molar-refractivity contribution < 1.29 is 23.8 Å². The number of hydrogen-bond donors (Lipinski definition) is 0. The van der Waals surface area contributed by atoms with Crippen molar-refractivity contribution in [1.82, 2.24) is 19.4 Å². The van der Waals surface area contributed by atoms with Crippen molar-refractivity contribution in [2.24, 2.45) is 0 Å². The van der Waals surface area contributed by atoms with E-state index in [1.807, 2.05) is 59.2 Å². The second-order valence-electron chi connectivity index (χ2n) is 11.8. The summed E-state index contributed by atoms with van der Waals surface area (Å²) in [6.45, 7) is 7.25. The van der Waals surface area contributed by atoms with Gasteiger partial charge in [0.1, 0.15) is 0 Å². The van der Waals surface area contributed by atoms with Crippen LogP contribution in [0.15, 0.2) is 76.7 Å². The maximum absolute atomic E-state index is 14.0. The smallest absolute Gasteiger partial charge is 0.262 e. The van der Waals surface area contributed by atoms with Gasteiger partial charge in [0.15, 0.2) is 16.7 Å². The lowest BCUT2D eigenvalue weighted by Crippen LogP contribution is -2.48. The number of amides is 2. The predicted molar refractivity (Wildman–Crippen MR) is 180 cm³/mol. The molecule has 1 unspecified atom stereocenters. The van der Waals surface area contributed by atoms with E-state index in [2.05, 4.69) is 17.0 Å². The molecule has 2 fully saturated rings. The van der Waals surface area contributed by atoms with Crippen molar-refractivity contribution in [1.29, 1.82) is 0 Å². The van der Waals surface area contributed by atoms with Crippen molar-refractivity contribution in [2.75, 3.05) is 64.2 Å². The summed E-state index contributed by atoms with van der Waals surface area (Å²) < 4.78 is 18.1. The zero-order valence-electron chi connectivity index (χ0n) is 26.3. The van der Waals surface area contributed by atoms with E-state index in [1.54, 1.807) is 16.7 Å². The fourth-order valence-corrected chi connectivity index (χ4v) is 7.26. The molecule has 47 heavy (non-hydrogen) atoms. The van der Waals surface area contributed by atoms with Crippen LogP contribution in [0.5, 0.6) is 11.5 Å². The van der Waals surface area contributed by atoms with Crippen molar-refractivity contribution >= 4 is 40.2 Å². The number of carbonyl (C=O) groups excluding carboxylic acids is 2. The standard InChI is InChI=1S/C35H37N5O6S/c1-2-31(34(43)39-16-18-44-19-17-39)47-35-36-28-21-30-29(45-23-46-30)20-27(28)33(42)40(35)22-24-8-10-25(11-9-24)32(41)38-14-12-37(13-15-38)26-6-4-3-5-7-26/h3-11,20-21,31H,2,12-19,22-23H2,1H3. The first-order valence-corrected chi connectivity index (χ1v) is 16.9. The summed E-state index contributed by atoms with van der Waals surface area (Å²) in [5, 5.41) is 0.443. The zero-order valence-corrected chi connectivity index (χ0v) is 27.1. The van der Waals surface area contributed by atoms with Crippen molar-refractivity contribution in [3.63, 3.8) is 0 Å². The largest absolute Gasteiger partial charge is 0.454 e. The predicted octanol–water partition coefficient (Wildman–Crippen LogP) is 3.87. The van der Waals surface area contributed by atoms with Gasteiger partial charge in [-0.2, -0.15) is 0 Å². The topological polar surface area (TPSA) is 106 Å². The second-order valence-corrected chi connectivity index (χ2v) is 12.9. The first-order chi connectivity index (χ1) is 23.0. The minimum Gasteiger partial charge on any atom is -0.454 e. The number of ether oxygens (including phenoxy) is 3. The number of anilines is 1.